The normalized spacial score (nSPS) is 17.2. The molecule has 1 aromatic heterocycles. The highest BCUT2D eigenvalue weighted by atomic mass is 19.1. The molecule has 1 aliphatic rings. The number of halogens is 1. The maximum atomic E-state index is 14.4. The fourth-order valence-corrected chi connectivity index (χ4v) is 5.39. The first kappa shape index (κ1) is 25.7. The van der Waals surface area contributed by atoms with Crippen LogP contribution in [0.25, 0.3) is 11.1 Å². The molecule has 4 aromatic rings. The van der Waals surface area contributed by atoms with Crippen LogP contribution in [0.15, 0.2) is 71.3 Å². The lowest BCUT2D eigenvalue weighted by Gasteiger charge is -2.26. The van der Waals surface area contributed by atoms with Crippen molar-refractivity contribution >= 4 is 11.7 Å². The molecule has 0 spiro atoms. The van der Waals surface area contributed by atoms with Crippen molar-refractivity contribution in [2.45, 2.75) is 51.7 Å². The highest BCUT2D eigenvalue weighted by molar-refractivity contribution is 5.69. The van der Waals surface area contributed by atoms with Crippen LogP contribution in [0.4, 0.5) is 10.1 Å². The van der Waals surface area contributed by atoms with Gasteiger partial charge in [-0.25, -0.2) is 4.39 Å². The second-order valence-corrected chi connectivity index (χ2v) is 10.2. The molecule has 0 amide bonds. The number of aromatic nitrogens is 1. The van der Waals surface area contributed by atoms with Crippen LogP contribution in [0.3, 0.4) is 0 Å². The van der Waals surface area contributed by atoms with Crippen molar-refractivity contribution in [3.05, 3.63) is 106 Å². The fourth-order valence-electron chi connectivity index (χ4n) is 5.39. The number of carbonyl (C=O) groups is 1. The SMILES string of the molecule is Cc1cc(C2CC(CC(=O)O)N(c3ccc(Cc4ccc(-c5cc(CO)ccc5F)cc4C)cc3)C2)on1. The second kappa shape index (κ2) is 10.8. The molecule has 0 aliphatic carbocycles. The van der Waals surface area contributed by atoms with Gasteiger partial charge in [0, 0.05) is 35.8 Å². The van der Waals surface area contributed by atoms with E-state index in [1.165, 1.54) is 6.07 Å². The third-order valence-electron chi connectivity index (χ3n) is 7.40. The van der Waals surface area contributed by atoms with Gasteiger partial charge in [0.25, 0.3) is 0 Å². The zero-order chi connectivity index (χ0) is 26.8. The van der Waals surface area contributed by atoms with Crippen LogP contribution in [0.2, 0.25) is 0 Å². The number of aliphatic carboxylic acids is 1. The van der Waals surface area contributed by atoms with Crippen LogP contribution >= 0.6 is 0 Å². The van der Waals surface area contributed by atoms with Crippen LogP contribution in [0, 0.1) is 19.7 Å². The summed E-state index contributed by atoms with van der Waals surface area (Å²) >= 11 is 0. The molecule has 2 N–H and O–H groups in total. The number of carboxylic acid groups (broad SMARTS) is 1. The lowest BCUT2D eigenvalue weighted by molar-refractivity contribution is -0.137. The van der Waals surface area contributed by atoms with E-state index in [2.05, 4.69) is 34.3 Å². The van der Waals surface area contributed by atoms with Gasteiger partial charge in [-0.2, -0.15) is 0 Å². The maximum Gasteiger partial charge on any atom is 0.305 e. The topological polar surface area (TPSA) is 86.8 Å². The first-order valence-corrected chi connectivity index (χ1v) is 12.8. The van der Waals surface area contributed by atoms with Crippen LogP contribution in [0.1, 0.15) is 52.5 Å². The lowest BCUT2D eigenvalue weighted by Crippen LogP contribution is -2.31. The van der Waals surface area contributed by atoms with Crippen molar-refractivity contribution in [3.63, 3.8) is 0 Å². The molecule has 1 saturated heterocycles. The van der Waals surface area contributed by atoms with E-state index in [4.69, 9.17) is 4.52 Å². The van der Waals surface area contributed by atoms with Gasteiger partial charge >= 0.3 is 5.97 Å². The molecule has 7 heteroatoms. The number of aliphatic hydroxyl groups excluding tert-OH is 1. The summed E-state index contributed by atoms with van der Waals surface area (Å²) in [6, 6.07) is 20.7. The van der Waals surface area contributed by atoms with Gasteiger partial charge < -0.3 is 19.6 Å². The average molecular weight is 515 g/mol. The third-order valence-corrected chi connectivity index (χ3v) is 7.40. The van der Waals surface area contributed by atoms with Gasteiger partial charge in [-0.05, 0) is 78.8 Å². The summed E-state index contributed by atoms with van der Waals surface area (Å²) in [7, 11) is 0. The molecule has 196 valence electrons. The van der Waals surface area contributed by atoms with E-state index in [0.717, 1.165) is 45.8 Å². The van der Waals surface area contributed by atoms with Gasteiger partial charge in [0.05, 0.1) is 18.7 Å². The molecule has 1 fully saturated rings. The monoisotopic (exact) mass is 514 g/mol. The lowest BCUT2D eigenvalue weighted by atomic mass is 9.95. The average Bonchev–Trinajstić information content (AvgIpc) is 3.52. The minimum atomic E-state index is -0.812. The van der Waals surface area contributed by atoms with E-state index in [0.29, 0.717) is 24.1 Å². The Balaban J connectivity index is 1.32. The number of aliphatic hydroxyl groups is 1. The van der Waals surface area contributed by atoms with E-state index in [-0.39, 0.29) is 30.8 Å². The number of nitrogens with zero attached hydrogens (tertiary/aromatic N) is 2. The summed E-state index contributed by atoms with van der Waals surface area (Å²) in [6.45, 7) is 4.46. The van der Waals surface area contributed by atoms with Crippen molar-refractivity contribution in [1.82, 2.24) is 5.16 Å². The predicted octanol–water partition coefficient (Wildman–Crippen LogP) is 6.02. The molecule has 5 rings (SSSR count). The standard InChI is InChI=1S/C31H31FN2O4/c1-19-11-24(28-14-22(18-35)5-10-29(28)32)7-6-23(19)13-21-3-8-26(9-4-21)34-17-25(15-27(34)16-31(36)37)30-12-20(2)33-38-30/h3-12,14,25,27,35H,13,15-18H2,1-2H3,(H,36,37). The Kier molecular flexibility index (Phi) is 7.29. The summed E-state index contributed by atoms with van der Waals surface area (Å²) in [4.78, 5) is 13.7. The predicted molar refractivity (Wildman–Crippen MR) is 144 cm³/mol. The smallest absolute Gasteiger partial charge is 0.305 e. The van der Waals surface area contributed by atoms with E-state index in [9.17, 15) is 19.4 Å². The number of carboxylic acids is 1. The van der Waals surface area contributed by atoms with Gasteiger partial charge in [0.1, 0.15) is 11.6 Å². The molecule has 38 heavy (non-hydrogen) atoms. The van der Waals surface area contributed by atoms with Gasteiger partial charge in [-0.3, -0.25) is 4.79 Å². The number of rotatable bonds is 8. The Hall–Kier alpha value is -3.97. The van der Waals surface area contributed by atoms with Crippen molar-refractivity contribution in [2.24, 2.45) is 0 Å². The third kappa shape index (κ3) is 5.48. The van der Waals surface area contributed by atoms with E-state index in [1.807, 2.05) is 38.1 Å². The van der Waals surface area contributed by atoms with Crippen molar-refractivity contribution in [2.75, 3.05) is 11.4 Å². The summed E-state index contributed by atoms with van der Waals surface area (Å²) in [6.07, 6.45) is 1.50. The zero-order valence-electron chi connectivity index (χ0n) is 21.5. The Morgan fingerprint density at radius 2 is 1.82 bits per heavy atom. The Morgan fingerprint density at radius 1 is 1.05 bits per heavy atom. The Labute approximate surface area is 221 Å². The molecular weight excluding hydrogens is 483 g/mol. The minimum absolute atomic E-state index is 0.0682. The number of benzene rings is 3. The number of hydrogen-bond acceptors (Lipinski definition) is 5. The molecule has 2 heterocycles. The van der Waals surface area contributed by atoms with Crippen LogP contribution < -0.4 is 4.90 Å². The summed E-state index contributed by atoms with van der Waals surface area (Å²) in [5, 5.41) is 22.9. The molecular formula is C31H31FN2O4. The van der Waals surface area contributed by atoms with Gasteiger partial charge in [-0.1, -0.05) is 41.6 Å². The van der Waals surface area contributed by atoms with Crippen LogP contribution in [0.5, 0.6) is 0 Å². The van der Waals surface area contributed by atoms with E-state index in [1.54, 1.807) is 12.1 Å². The molecule has 6 nitrogen and oxygen atoms in total. The van der Waals surface area contributed by atoms with Gasteiger partial charge in [-0.15, -0.1) is 0 Å². The van der Waals surface area contributed by atoms with Crippen LogP contribution in [-0.2, 0) is 17.8 Å². The zero-order valence-corrected chi connectivity index (χ0v) is 21.5. The van der Waals surface area contributed by atoms with Crippen molar-refractivity contribution in [3.8, 4) is 11.1 Å². The molecule has 0 saturated carbocycles. The molecule has 2 atom stereocenters. The highest BCUT2D eigenvalue weighted by Gasteiger charge is 2.36. The largest absolute Gasteiger partial charge is 0.481 e. The van der Waals surface area contributed by atoms with Gasteiger partial charge in [0.15, 0.2) is 0 Å². The number of aryl methyl sites for hydroxylation is 2. The summed E-state index contributed by atoms with van der Waals surface area (Å²) in [5.74, 6) is -0.218. The quantitative estimate of drug-likeness (QED) is 0.299. The number of hydrogen-bond donors (Lipinski definition) is 2. The van der Waals surface area contributed by atoms with Crippen molar-refractivity contribution in [1.29, 1.82) is 0 Å². The summed E-state index contributed by atoms with van der Waals surface area (Å²) in [5.41, 5.74) is 7.09. The highest BCUT2D eigenvalue weighted by Crippen LogP contribution is 2.37. The van der Waals surface area contributed by atoms with Crippen LogP contribution in [-0.4, -0.2) is 33.9 Å². The second-order valence-electron chi connectivity index (χ2n) is 10.2. The minimum Gasteiger partial charge on any atom is -0.481 e. The molecule has 3 aromatic carbocycles. The molecule has 2 unspecified atom stereocenters. The Morgan fingerprint density at radius 3 is 2.47 bits per heavy atom. The fraction of sp³-hybridized carbons (Fsp3) is 0.290. The molecule has 1 aliphatic heterocycles. The first-order valence-electron chi connectivity index (χ1n) is 12.8. The molecule has 0 radical (unpaired) electrons. The van der Waals surface area contributed by atoms with Crippen molar-refractivity contribution < 1.29 is 23.9 Å². The summed E-state index contributed by atoms with van der Waals surface area (Å²) < 4.78 is 19.9. The van der Waals surface area contributed by atoms with E-state index < -0.39 is 5.97 Å². The Bertz CT molecular complexity index is 1450. The van der Waals surface area contributed by atoms with Gasteiger partial charge in [0.2, 0.25) is 0 Å². The molecule has 0 bridgehead atoms. The first-order chi connectivity index (χ1) is 18.3. The number of anilines is 1. The van der Waals surface area contributed by atoms with E-state index >= 15 is 0 Å². The maximum absolute atomic E-state index is 14.4.